The predicted octanol–water partition coefficient (Wildman–Crippen LogP) is 3.35. The number of carbonyl (C=O) groups is 2. The SMILES string of the molecule is COc1ccc(N2C[C@@H](C(=O)Nc3ccccc3Cl)CC2=O)c(OC)c1. The van der Waals surface area contributed by atoms with E-state index in [1.165, 1.54) is 7.11 Å². The minimum absolute atomic E-state index is 0.130. The first-order valence-electron chi connectivity index (χ1n) is 8.11. The molecule has 0 saturated carbocycles. The number of nitrogens with zero attached hydrogens (tertiary/aromatic N) is 1. The molecule has 1 saturated heterocycles. The van der Waals surface area contributed by atoms with Gasteiger partial charge in [0.2, 0.25) is 11.8 Å². The molecule has 26 heavy (non-hydrogen) atoms. The first-order valence-corrected chi connectivity index (χ1v) is 8.49. The van der Waals surface area contributed by atoms with Crippen LogP contribution in [-0.4, -0.2) is 32.6 Å². The number of anilines is 2. The van der Waals surface area contributed by atoms with Crippen molar-refractivity contribution < 1.29 is 19.1 Å². The Morgan fingerprint density at radius 2 is 1.96 bits per heavy atom. The molecule has 6 nitrogen and oxygen atoms in total. The highest BCUT2D eigenvalue weighted by Crippen LogP contribution is 2.36. The number of halogens is 1. The number of hydrogen-bond acceptors (Lipinski definition) is 4. The number of rotatable bonds is 5. The van der Waals surface area contributed by atoms with Crippen LogP contribution in [0.1, 0.15) is 6.42 Å². The van der Waals surface area contributed by atoms with Crippen molar-refractivity contribution in [2.45, 2.75) is 6.42 Å². The predicted molar refractivity (Wildman–Crippen MR) is 100 cm³/mol. The summed E-state index contributed by atoms with van der Waals surface area (Å²) < 4.78 is 10.5. The Bertz CT molecular complexity index is 840. The van der Waals surface area contributed by atoms with Gasteiger partial charge >= 0.3 is 0 Å². The van der Waals surface area contributed by atoms with Crippen LogP contribution in [0.15, 0.2) is 42.5 Å². The highest BCUT2D eigenvalue weighted by atomic mass is 35.5. The van der Waals surface area contributed by atoms with E-state index in [0.29, 0.717) is 27.9 Å². The fourth-order valence-electron chi connectivity index (χ4n) is 2.92. The molecule has 0 spiro atoms. The molecule has 0 bridgehead atoms. The molecule has 1 fully saturated rings. The number of methoxy groups -OCH3 is 2. The largest absolute Gasteiger partial charge is 0.497 e. The third-order valence-corrected chi connectivity index (χ3v) is 4.63. The summed E-state index contributed by atoms with van der Waals surface area (Å²) in [5, 5.41) is 3.25. The zero-order valence-electron chi connectivity index (χ0n) is 14.5. The molecule has 136 valence electrons. The monoisotopic (exact) mass is 374 g/mol. The molecule has 1 aliphatic heterocycles. The van der Waals surface area contributed by atoms with E-state index >= 15 is 0 Å². The molecule has 7 heteroatoms. The average molecular weight is 375 g/mol. The van der Waals surface area contributed by atoms with Gasteiger partial charge in [-0.2, -0.15) is 0 Å². The average Bonchev–Trinajstić information content (AvgIpc) is 3.04. The van der Waals surface area contributed by atoms with E-state index in [1.54, 1.807) is 54.5 Å². The maximum absolute atomic E-state index is 12.5. The Morgan fingerprint density at radius 3 is 2.65 bits per heavy atom. The van der Waals surface area contributed by atoms with Gasteiger partial charge in [-0.05, 0) is 24.3 Å². The highest BCUT2D eigenvalue weighted by molar-refractivity contribution is 6.33. The zero-order chi connectivity index (χ0) is 18.7. The zero-order valence-corrected chi connectivity index (χ0v) is 15.2. The van der Waals surface area contributed by atoms with Gasteiger partial charge in [-0.3, -0.25) is 9.59 Å². The molecular formula is C19H19ClN2O4. The molecule has 0 aliphatic carbocycles. The van der Waals surface area contributed by atoms with Gasteiger partial charge in [0.05, 0.1) is 36.5 Å². The topological polar surface area (TPSA) is 67.9 Å². The fraction of sp³-hybridized carbons (Fsp3) is 0.263. The number of benzene rings is 2. The van der Waals surface area contributed by atoms with Crippen molar-refractivity contribution in [3.8, 4) is 11.5 Å². The van der Waals surface area contributed by atoms with Crippen LogP contribution in [0.25, 0.3) is 0 Å². The third-order valence-electron chi connectivity index (χ3n) is 4.31. The fourth-order valence-corrected chi connectivity index (χ4v) is 3.10. The molecule has 2 aromatic carbocycles. The van der Waals surface area contributed by atoms with Crippen LogP contribution in [0, 0.1) is 5.92 Å². The van der Waals surface area contributed by atoms with E-state index in [9.17, 15) is 9.59 Å². The van der Waals surface area contributed by atoms with Crippen LogP contribution in [0.4, 0.5) is 11.4 Å². The smallest absolute Gasteiger partial charge is 0.229 e. The van der Waals surface area contributed by atoms with Crippen molar-refractivity contribution in [3.63, 3.8) is 0 Å². The molecule has 0 aromatic heterocycles. The lowest BCUT2D eigenvalue weighted by atomic mass is 10.1. The van der Waals surface area contributed by atoms with Crippen molar-refractivity contribution in [1.29, 1.82) is 0 Å². The Kier molecular flexibility index (Phi) is 5.32. The highest BCUT2D eigenvalue weighted by Gasteiger charge is 2.36. The summed E-state index contributed by atoms with van der Waals surface area (Å²) in [6.45, 7) is 0.276. The lowest BCUT2D eigenvalue weighted by Crippen LogP contribution is -2.28. The third kappa shape index (κ3) is 3.60. The second-order valence-electron chi connectivity index (χ2n) is 5.91. The van der Waals surface area contributed by atoms with Crippen molar-refractivity contribution in [2.24, 2.45) is 5.92 Å². The number of ether oxygens (including phenoxy) is 2. The van der Waals surface area contributed by atoms with Gasteiger partial charge in [-0.15, -0.1) is 0 Å². The molecule has 1 N–H and O–H groups in total. The second-order valence-corrected chi connectivity index (χ2v) is 6.32. The summed E-state index contributed by atoms with van der Waals surface area (Å²) in [5.41, 5.74) is 1.15. The van der Waals surface area contributed by atoms with E-state index in [4.69, 9.17) is 21.1 Å². The van der Waals surface area contributed by atoms with Gasteiger partial charge in [-0.25, -0.2) is 0 Å². The summed E-state index contributed by atoms with van der Waals surface area (Å²) in [7, 11) is 3.09. The Hall–Kier alpha value is -2.73. The van der Waals surface area contributed by atoms with Crippen LogP contribution in [-0.2, 0) is 9.59 Å². The molecule has 1 aliphatic rings. The van der Waals surface area contributed by atoms with E-state index in [0.717, 1.165) is 0 Å². The van der Waals surface area contributed by atoms with E-state index < -0.39 is 5.92 Å². The van der Waals surface area contributed by atoms with Gasteiger partial charge in [0, 0.05) is 19.0 Å². The van der Waals surface area contributed by atoms with Gasteiger partial charge in [0.15, 0.2) is 0 Å². The summed E-state index contributed by atoms with van der Waals surface area (Å²) in [6.07, 6.45) is 0.130. The second kappa shape index (κ2) is 7.66. The first kappa shape index (κ1) is 18.1. The molecule has 1 heterocycles. The molecule has 1 atom stereocenters. The number of nitrogens with one attached hydrogen (secondary N) is 1. The molecule has 2 aromatic rings. The number of hydrogen-bond donors (Lipinski definition) is 1. The van der Waals surface area contributed by atoms with Crippen LogP contribution in [0.5, 0.6) is 11.5 Å². The van der Waals surface area contributed by atoms with Gasteiger partial charge < -0.3 is 19.7 Å². The summed E-state index contributed by atoms with van der Waals surface area (Å²) >= 11 is 6.08. The van der Waals surface area contributed by atoms with Crippen molar-refractivity contribution in [3.05, 3.63) is 47.5 Å². The first-order chi connectivity index (χ1) is 12.5. The van der Waals surface area contributed by atoms with Crippen molar-refractivity contribution >= 4 is 34.8 Å². The van der Waals surface area contributed by atoms with Crippen molar-refractivity contribution in [2.75, 3.05) is 31.0 Å². The van der Waals surface area contributed by atoms with E-state index in [1.807, 2.05) is 0 Å². The summed E-state index contributed by atoms with van der Waals surface area (Å²) in [6, 6.07) is 12.2. The van der Waals surface area contributed by atoms with Gasteiger partial charge in [0.25, 0.3) is 0 Å². The molecule has 3 rings (SSSR count). The summed E-state index contributed by atoms with van der Waals surface area (Å²) in [5.74, 6) is 0.315. The minimum atomic E-state index is -0.467. The lowest BCUT2D eigenvalue weighted by Gasteiger charge is -2.20. The maximum Gasteiger partial charge on any atom is 0.229 e. The van der Waals surface area contributed by atoms with Crippen molar-refractivity contribution in [1.82, 2.24) is 0 Å². The lowest BCUT2D eigenvalue weighted by molar-refractivity contribution is -0.122. The summed E-state index contributed by atoms with van der Waals surface area (Å²) in [4.78, 5) is 26.6. The molecule has 2 amide bonds. The Morgan fingerprint density at radius 1 is 1.19 bits per heavy atom. The number of para-hydroxylation sites is 1. The molecule has 0 unspecified atom stereocenters. The van der Waals surface area contributed by atoms with Gasteiger partial charge in [-0.1, -0.05) is 23.7 Å². The maximum atomic E-state index is 12.5. The minimum Gasteiger partial charge on any atom is -0.497 e. The van der Waals surface area contributed by atoms with Gasteiger partial charge in [0.1, 0.15) is 11.5 Å². The quantitative estimate of drug-likeness (QED) is 0.871. The number of carbonyl (C=O) groups excluding carboxylic acids is 2. The Labute approximate surface area is 156 Å². The van der Waals surface area contributed by atoms with Crippen LogP contribution < -0.4 is 19.7 Å². The van der Waals surface area contributed by atoms with E-state index in [-0.39, 0.29) is 24.8 Å². The Balaban J connectivity index is 1.76. The standard InChI is InChI=1S/C19H19ClN2O4/c1-25-13-7-8-16(17(10-13)26-2)22-11-12(9-18(22)23)19(24)21-15-6-4-3-5-14(15)20/h3-8,10,12H,9,11H2,1-2H3,(H,21,24)/t12-/m0/s1. The van der Waals surface area contributed by atoms with Crippen LogP contribution in [0.2, 0.25) is 5.02 Å². The number of amides is 2. The molecule has 0 radical (unpaired) electrons. The van der Waals surface area contributed by atoms with E-state index in [2.05, 4.69) is 5.32 Å². The van der Waals surface area contributed by atoms with Crippen LogP contribution in [0.3, 0.4) is 0 Å². The molecular weight excluding hydrogens is 356 g/mol. The van der Waals surface area contributed by atoms with Crippen LogP contribution >= 0.6 is 11.6 Å². The normalized spacial score (nSPS) is 16.5.